The lowest BCUT2D eigenvalue weighted by Gasteiger charge is -2.07. The monoisotopic (exact) mass is 590 g/mol. The van der Waals surface area contributed by atoms with Gasteiger partial charge in [0.25, 0.3) is 0 Å². The summed E-state index contributed by atoms with van der Waals surface area (Å²) in [5.41, 5.74) is 8.62. The highest BCUT2D eigenvalue weighted by atomic mass is 16.5. The normalized spacial score (nSPS) is 11.7. The molecular weight excluding hydrogens is 548 g/mol. The van der Waals surface area contributed by atoms with Gasteiger partial charge in [0.2, 0.25) is 0 Å². The molecule has 0 aliphatic rings. The van der Waals surface area contributed by atoms with E-state index in [1.165, 1.54) is 0 Å². The molecule has 0 atom stereocenters. The van der Waals surface area contributed by atoms with Crippen LogP contribution in [-0.4, -0.2) is 13.2 Å². The van der Waals surface area contributed by atoms with E-state index in [0.29, 0.717) is 0 Å². The number of nitrogens with zero attached hydrogens (tertiary/aromatic N) is 6. The highest BCUT2D eigenvalue weighted by Crippen LogP contribution is 2.34. The molecule has 0 heterocycles. The van der Waals surface area contributed by atoms with E-state index in [0.717, 1.165) is 107 Å². The van der Waals surface area contributed by atoms with Crippen molar-refractivity contribution in [3.63, 3.8) is 0 Å². The standard InChI is InChI=1S/C36H42N6O2/c1-7-9-19-43-33-15-11-29(12-16-33)37-41-35-25(3)21-31(22-26(35)4)39-40-32-23-27(5)36(28(6)24-32)42-38-30-13-17-34(18-14-30)44-20-10-8-2/h11-18,21-24H,7-10,19-20H2,1-6H3. The molecule has 4 rings (SSSR count). The summed E-state index contributed by atoms with van der Waals surface area (Å²) in [6.07, 6.45) is 4.30. The topological polar surface area (TPSA) is 92.6 Å². The maximum atomic E-state index is 5.73. The summed E-state index contributed by atoms with van der Waals surface area (Å²) in [6, 6.07) is 23.2. The summed E-state index contributed by atoms with van der Waals surface area (Å²) in [6.45, 7) is 13.8. The average molecular weight is 591 g/mol. The van der Waals surface area contributed by atoms with Crippen molar-refractivity contribution in [2.75, 3.05) is 13.2 Å². The maximum Gasteiger partial charge on any atom is 0.119 e. The molecule has 4 aromatic carbocycles. The molecule has 0 saturated heterocycles. The molecule has 0 N–H and O–H groups in total. The average Bonchev–Trinajstić information content (AvgIpc) is 3.01. The van der Waals surface area contributed by atoms with Crippen LogP contribution in [0.25, 0.3) is 0 Å². The minimum absolute atomic E-state index is 0.724. The highest BCUT2D eigenvalue weighted by molar-refractivity contribution is 5.61. The van der Waals surface area contributed by atoms with Crippen LogP contribution in [-0.2, 0) is 0 Å². The molecule has 8 heteroatoms. The number of aryl methyl sites for hydroxylation is 4. The Hall–Kier alpha value is -4.72. The van der Waals surface area contributed by atoms with Crippen molar-refractivity contribution in [1.29, 1.82) is 0 Å². The first-order valence-corrected chi connectivity index (χ1v) is 15.3. The largest absolute Gasteiger partial charge is 0.494 e. The zero-order chi connectivity index (χ0) is 31.3. The number of unbranched alkanes of at least 4 members (excludes halogenated alkanes) is 2. The van der Waals surface area contributed by atoms with Crippen molar-refractivity contribution in [2.45, 2.75) is 67.2 Å². The summed E-state index contributed by atoms with van der Waals surface area (Å²) in [4.78, 5) is 0. The molecule has 0 fully saturated rings. The third-order valence-electron chi connectivity index (χ3n) is 6.97. The Labute approximate surface area is 261 Å². The number of benzene rings is 4. The predicted octanol–water partition coefficient (Wildman–Crippen LogP) is 12.5. The molecule has 0 aromatic heterocycles. The molecule has 0 aliphatic heterocycles. The third kappa shape index (κ3) is 9.39. The Morgan fingerprint density at radius 1 is 0.432 bits per heavy atom. The zero-order valence-corrected chi connectivity index (χ0v) is 26.7. The number of azo groups is 3. The molecule has 0 radical (unpaired) electrons. The Balaban J connectivity index is 1.40. The molecule has 8 nitrogen and oxygen atoms in total. The van der Waals surface area contributed by atoms with E-state index in [2.05, 4.69) is 44.5 Å². The van der Waals surface area contributed by atoms with Gasteiger partial charge in [0.05, 0.1) is 47.3 Å². The van der Waals surface area contributed by atoms with Crippen molar-refractivity contribution in [3.05, 3.63) is 95.1 Å². The summed E-state index contributed by atoms with van der Waals surface area (Å²) < 4.78 is 11.5. The van der Waals surface area contributed by atoms with Gasteiger partial charge in [0, 0.05) is 0 Å². The third-order valence-corrected chi connectivity index (χ3v) is 6.97. The van der Waals surface area contributed by atoms with Gasteiger partial charge in [-0.25, -0.2) is 0 Å². The molecule has 0 amide bonds. The van der Waals surface area contributed by atoms with Gasteiger partial charge in [0.1, 0.15) is 11.5 Å². The van der Waals surface area contributed by atoms with Crippen LogP contribution in [0.15, 0.2) is 103 Å². The number of hydrogen-bond donors (Lipinski definition) is 0. The lowest BCUT2D eigenvalue weighted by molar-refractivity contribution is 0.309. The van der Waals surface area contributed by atoms with Gasteiger partial charge < -0.3 is 9.47 Å². The molecule has 0 unspecified atom stereocenters. The van der Waals surface area contributed by atoms with E-state index in [1.54, 1.807) is 0 Å². The molecule has 0 saturated carbocycles. The van der Waals surface area contributed by atoms with Crippen LogP contribution < -0.4 is 9.47 Å². The molecule has 228 valence electrons. The number of hydrogen-bond acceptors (Lipinski definition) is 8. The highest BCUT2D eigenvalue weighted by Gasteiger charge is 2.07. The Morgan fingerprint density at radius 2 is 0.750 bits per heavy atom. The van der Waals surface area contributed by atoms with Gasteiger partial charge in [0.15, 0.2) is 0 Å². The zero-order valence-electron chi connectivity index (χ0n) is 26.7. The summed E-state index contributed by atoms with van der Waals surface area (Å²) in [7, 11) is 0. The Morgan fingerprint density at radius 3 is 1.07 bits per heavy atom. The van der Waals surface area contributed by atoms with Crippen LogP contribution in [0, 0.1) is 27.7 Å². The lowest BCUT2D eigenvalue weighted by atomic mass is 10.1. The second kappa shape index (κ2) is 16.2. The minimum Gasteiger partial charge on any atom is -0.494 e. The molecule has 4 aromatic rings. The fraction of sp³-hybridized carbons (Fsp3) is 0.333. The lowest BCUT2D eigenvalue weighted by Crippen LogP contribution is -1.95. The van der Waals surface area contributed by atoms with Gasteiger partial charge >= 0.3 is 0 Å². The van der Waals surface area contributed by atoms with Gasteiger partial charge in [-0.2, -0.15) is 30.7 Å². The van der Waals surface area contributed by atoms with Crippen LogP contribution in [0.5, 0.6) is 11.5 Å². The van der Waals surface area contributed by atoms with E-state index in [9.17, 15) is 0 Å². The van der Waals surface area contributed by atoms with Crippen LogP contribution in [0.4, 0.5) is 34.1 Å². The van der Waals surface area contributed by atoms with Gasteiger partial charge in [-0.1, -0.05) is 26.7 Å². The fourth-order valence-corrected chi connectivity index (χ4v) is 4.51. The van der Waals surface area contributed by atoms with E-state index in [1.807, 2.05) is 100 Å². The Kier molecular flexibility index (Phi) is 11.9. The molecular formula is C36H42N6O2. The van der Waals surface area contributed by atoms with Crippen molar-refractivity contribution in [2.24, 2.45) is 30.7 Å². The molecule has 0 aliphatic carbocycles. The van der Waals surface area contributed by atoms with Crippen molar-refractivity contribution >= 4 is 34.1 Å². The van der Waals surface area contributed by atoms with Crippen molar-refractivity contribution in [3.8, 4) is 11.5 Å². The SMILES string of the molecule is CCCCOc1ccc(N=Nc2c(C)cc(N=Nc3cc(C)c(N=Nc4ccc(OCCCC)cc4)c(C)c3)cc2C)cc1. The first-order chi connectivity index (χ1) is 21.4. The summed E-state index contributed by atoms with van der Waals surface area (Å²) in [5, 5.41) is 26.9. The number of rotatable bonds is 14. The van der Waals surface area contributed by atoms with Crippen molar-refractivity contribution < 1.29 is 9.47 Å². The van der Waals surface area contributed by atoms with Crippen LogP contribution in [0.1, 0.15) is 61.8 Å². The first kappa shape index (κ1) is 32.2. The quantitative estimate of drug-likeness (QED) is 0.108. The van der Waals surface area contributed by atoms with Gasteiger partial charge in [-0.15, -0.1) is 0 Å². The summed E-state index contributed by atoms with van der Waals surface area (Å²) >= 11 is 0. The Bertz CT molecular complexity index is 1440. The maximum absolute atomic E-state index is 5.73. The van der Waals surface area contributed by atoms with E-state index in [-0.39, 0.29) is 0 Å². The van der Waals surface area contributed by atoms with Crippen LogP contribution in [0.2, 0.25) is 0 Å². The van der Waals surface area contributed by atoms with Crippen molar-refractivity contribution in [1.82, 2.24) is 0 Å². The van der Waals surface area contributed by atoms with E-state index in [4.69, 9.17) is 9.47 Å². The molecule has 0 bridgehead atoms. The minimum atomic E-state index is 0.724. The van der Waals surface area contributed by atoms with Crippen LogP contribution >= 0.6 is 0 Å². The second-order valence-electron chi connectivity index (χ2n) is 10.8. The predicted molar refractivity (Wildman–Crippen MR) is 178 cm³/mol. The fourth-order valence-electron chi connectivity index (χ4n) is 4.51. The molecule has 44 heavy (non-hydrogen) atoms. The molecule has 0 spiro atoms. The smallest absolute Gasteiger partial charge is 0.119 e. The van der Waals surface area contributed by atoms with Gasteiger partial charge in [-0.3, -0.25) is 0 Å². The second-order valence-corrected chi connectivity index (χ2v) is 10.8. The van der Waals surface area contributed by atoms with Crippen LogP contribution in [0.3, 0.4) is 0 Å². The summed E-state index contributed by atoms with van der Waals surface area (Å²) in [5.74, 6) is 1.69. The first-order valence-electron chi connectivity index (χ1n) is 15.3. The van der Waals surface area contributed by atoms with Gasteiger partial charge in [-0.05, 0) is 136 Å². The van der Waals surface area contributed by atoms with E-state index >= 15 is 0 Å². The number of ether oxygens (including phenoxy) is 2. The van der Waals surface area contributed by atoms with E-state index < -0.39 is 0 Å².